The molecule has 0 aliphatic heterocycles. The number of aromatic carboxylic acids is 1. The number of hydrogen-bond acceptors (Lipinski definition) is 2. The van der Waals surface area contributed by atoms with Gasteiger partial charge in [0.25, 0.3) is 0 Å². The van der Waals surface area contributed by atoms with Gasteiger partial charge in [-0.05, 0) is 12.1 Å². The minimum absolute atomic E-state index is 0. The summed E-state index contributed by atoms with van der Waals surface area (Å²) in [5.41, 5.74) is -0.404. The fourth-order valence-electron chi connectivity index (χ4n) is 0.723. The van der Waals surface area contributed by atoms with Crippen LogP contribution in [0.15, 0.2) is 12.1 Å². The second-order valence-corrected chi connectivity index (χ2v) is 2.81. The molecule has 0 fully saturated rings. The fourth-order valence-corrected chi connectivity index (χ4v) is 1.26. The van der Waals surface area contributed by atoms with Crippen molar-refractivity contribution >= 4 is 29.2 Å². The molecule has 0 saturated carbocycles. The van der Waals surface area contributed by atoms with Gasteiger partial charge in [0, 0.05) is 0 Å². The smallest absolute Gasteiger partial charge is 0.870 e. The van der Waals surface area contributed by atoms with Crippen molar-refractivity contribution in [3.05, 3.63) is 33.6 Å². The molecule has 0 radical (unpaired) electrons. The summed E-state index contributed by atoms with van der Waals surface area (Å²) in [6.07, 6.45) is 0. The molecule has 1 aromatic carbocycles. The monoisotopic (exact) mass is 248 g/mol. The Kier molecular flexibility index (Phi) is 7.83. The van der Waals surface area contributed by atoms with Gasteiger partial charge in [-0.15, -0.1) is 0 Å². The van der Waals surface area contributed by atoms with Gasteiger partial charge in [-0.25, -0.2) is 9.18 Å². The van der Waals surface area contributed by atoms with E-state index in [2.05, 4.69) is 0 Å². The maximum atomic E-state index is 12.7. The van der Waals surface area contributed by atoms with Crippen molar-refractivity contribution in [1.29, 1.82) is 0 Å². The van der Waals surface area contributed by atoms with Crippen molar-refractivity contribution < 1.29 is 49.3 Å². The number of carboxylic acids is 1. The van der Waals surface area contributed by atoms with Gasteiger partial charge in [0.2, 0.25) is 0 Å². The molecule has 0 spiro atoms. The topological polar surface area (TPSA) is 67.3 Å². The molecule has 0 amide bonds. The third kappa shape index (κ3) is 3.38. The molecule has 0 atom stereocenters. The number of halogens is 3. The Balaban J connectivity index is 0. The SMILES string of the molecule is O=C(O)c1c(Cl)ccc(F)c1Cl.[Na+].[OH-]. The number of hydrogen-bond donors (Lipinski definition) is 1. The summed E-state index contributed by atoms with van der Waals surface area (Å²) in [6, 6.07) is 2.16. The third-order valence-corrected chi connectivity index (χ3v) is 1.94. The molecule has 0 heterocycles. The first-order chi connectivity index (χ1) is 5.54. The summed E-state index contributed by atoms with van der Waals surface area (Å²) in [4.78, 5) is 10.5. The Labute approximate surface area is 111 Å². The van der Waals surface area contributed by atoms with Crippen molar-refractivity contribution in [2.24, 2.45) is 0 Å². The normalized spacial score (nSPS) is 8.50. The molecule has 0 bridgehead atoms. The fraction of sp³-hybridized carbons (Fsp3) is 0. The van der Waals surface area contributed by atoms with Crippen LogP contribution in [0.1, 0.15) is 10.4 Å². The van der Waals surface area contributed by atoms with Gasteiger partial charge in [0.1, 0.15) is 5.82 Å². The molecular formula is C7H4Cl2FNaO3. The summed E-state index contributed by atoms with van der Waals surface area (Å²) < 4.78 is 12.7. The maximum absolute atomic E-state index is 12.7. The van der Waals surface area contributed by atoms with Crippen LogP contribution < -0.4 is 29.6 Å². The van der Waals surface area contributed by atoms with Gasteiger partial charge in [-0.1, -0.05) is 23.2 Å². The number of carbonyl (C=O) groups is 1. The molecular weight excluding hydrogens is 245 g/mol. The Morgan fingerprint density at radius 1 is 1.36 bits per heavy atom. The predicted molar refractivity (Wildman–Crippen MR) is 45.3 cm³/mol. The zero-order valence-electron chi connectivity index (χ0n) is 7.09. The van der Waals surface area contributed by atoms with Crippen LogP contribution in [0.25, 0.3) is 0 Å². The number of rotatable bonds is 1. The van der Waals surface area contributed by atoms with Crippen molar-refractivity contribution in [3.8, 4) is 0 Å². The van der Waals surface area contributed by atoms with Gasteiger partial charge in [-0.2, -0.15) is 0 Å². The van der Waals surface area contributed by atoms with E-state index in [0.29, 0.717) is 0 Å². The molecule has 72 valence electrons. The van der Waals surface area contributed by atoms with E-state index >= 15 is 0 Å². The van der Waals surface area contributed by atoms with Crippen LogP contribution in [-0.2, 0) is 0 Å². The molecule has 0 saturated heterocycles. The van der Waals surface area contributed by atoms with Crippen molar-refractivity contribution in [2.45, 2.75) is 0 Å². The average molecular weight is 249 g/mol. The molecule has 0 aliphatic carbocycles. The van der Waals surface area contributed by atoms with Crippen LogP contribution in [0.2, 0.25) is 10.0 Å². The van der Waals surface area contributed by atoms with Crippen molar-refractivity contribution in [1.82, 2.24) is 0 Å². The van der Waals surface area contributed by atoms with Gasteiger partial charge < -0.3 is 10.6 Å². The van der Waals surface area contributed by atoms with Gasteiger partial charge in [-0.3, -0.25) is 0 Å². The van der Waals surface area contributed by atoms with Crippen LogP contribution in [0.5, 0.6) is 0 Å². The second-order valence-electron chi connectivity index (χ2n) is 2.02. The zero-order chi connectivity index (χ0) is 9.30. The summed E-state index contributed by atoms with van der Waals surface area (Å²) in [7, 11) is 0. The summed E-state index contributed by atoms with van der Waals surface area (Å²) in [5, 5.41) is 8.00. The minimum Gasteiger partial charge on any atom is -0.870 e. The second kappa shape index (κ2) is 6.61. The van der Waals surface area contributed by atoms with E-state index in [0.717, 1.165) is 12.1 Å². The zero-order valence-corrected chi connectivity index (χ0v) is 10.6. The molecule has 2 N–H and O–H groups in total. The van der Waals surface area contributed by atoms with Gasteiger partial charge >= 0.3 is 35.5 Å². The standard InChI is InChI=1S/C7H3Cl2FO2.Na.H2O/c8-3-1-2-4(10)6(9)5(3)7(11)12;;/h1-2H,(H,11,12);;1H2/q;+1;/p-1. The number of benzene rings is 1. The van der Waals surface area contributed by atoms with Crippen LogP contribution in [0, 0.1) is 5.82 Å². The van der Waals surface area contributed by atoms with E-state index in [1.165, 1.54) is 0 Å². The van der Waals surface area contributed by atoms with E-state index in [-0.39, 0.29) is 40.1 Å². The van der Waals surface area contributed by atoms with Gasteiger partial charge in [0.15, 0.2) is 0 Å². The summed E-state index contributed by atoms with van der Waals surface area (Å²) in [6.45, 7) is 0. The Morgan fingerprint density at radius 3 is 2.21 bits per heavy atom. The van der Waals surface area contributed by atoms with E-state index in [9.17, 15) is 9.18 Å². The van der Waals surface area contributed by atoms with E-state index in [4.69, 9.17) is 28.3 Å². The first-order valence-corrected chi connectivity index (χ1v) is 3.66. The van der Waals surface area contributed by atoms with Crippen molar-refractivity contribution in [3.63, 3.8) is 0 Å². The van der Waals surface area contributed by atoms with Crippen LogP contribution in [0.3, 0.4) is 0 Å². The van der Waals surface area contributed by atoms with E-state index in [1.54, 1.807) is 0 Å². The molecule has 1 rings (SSSR count). The molecule has 7 heteroatoms. The maximum Gasteiger partial charge on any atom is 1.00 e. The quantitative estimate of drug-likeness (QED) is 0.546. The summed E-state index contributed by atoms with van der Waals surface area (Å²) in [5.74, 6) is -2.14. The molecule has 0 aliphatic rings. The minimum atomic E-state index is -1.34. The van der Waals surface area contributed by atoms with Gasteiger partial charge in [0.05, 0.1) is 15.6 Å². The van der Waals surface area contributed by atoms with Crippen LogP contribution in [-0.4, -0.2) is 16.6 Å². The van der Waals surface area contributed by atoms with E-state index < -0.39 is 22.4 Å². The first-order valence-electron chi connectivity index (χ1n) is 2.91. The Morgan fingerprint density at radius 2 is 1.86 bits per heavy atom. The predicted octanol–water partition coefficient (Wildman–Crippen LogP) is -0.342. The molecule has 14 heavy (non-hydrogen) atoms. The Bertz CT molecular complexity index is 346. The van der Waals surface area contributed by atoms with Crippen LogP contribution >= 0.6 is 23.2 Å². The van der Waals surface area contributed by atoms with Crippen LogP contribution in [0.4, 0.5) is 4.39 Å². The molecule has 0 unspecified atom stereocenters. The molecule has 3 nitrogen and oxygen atoms in total. The average Bonchev–Trinajstić information content (AvgIpc) is 1.97. The first kappa shape index (κ1) is 16.6. The van der Waals surface area contributed by atoms with E-state index in [1.807, 2.05) is 0 Å². The molecule has 1 aromatic rings. The largest absolute Gasteiger partial charge is 1.00 e. The molecule has 0 aromatic heterocycles. The third-order valence-electron chi connectivity index (χ3n) is 1.26. The Hall–Kier alpha value is 0.160. The summed E-state index contributed by atoms with van der Waals surface area (Å²) >= 11 is 10.8. The number of carboxylic acid groups (broad SMARTS) is 1. The van der Waals surface area contributed by atoms with Crippen molar-refractivity contribution in [2.75, 3.05) is 0 Å².